The summed E-state index contributed by atoms with van der Waals surface area (Å²) >= 11 is 0. The van der Waals surface area contributed by atoms with Crippen LogP contribution in [0.5, 0.6) is 5.75 Å². The van der Waals surface area contributed by atoms with E-state index in [-0.39, 0.29) is 5.41 Å². The van der Waals surface area contributed by atoms with Gasteiger partial charge in [0.05, 0.1) is 7.11 Å². The second kappa shape index (κ2) is 4.25. The average molecular weight is 208 g/mol. The number of benzene rings is 1. The molecule has 0 aliphatic carbocycles. The lowest BCUT2D eigenvalue weighted by Gasteiger charge is -2.20. The van der Waals surface area contributed by atoms with Gasteiger partial charge in [-0.15, -0.1) is 0 Å². The number of hydrogen-bond donors (Lipinski definition) is 2. The highest BCUT2D eigenvalue weighted by Gasteiger charge is 2.20. The largest absolute Gasteiger partial charge is 0.497 e. The zero-order chi connectivity index (χ0) is 11.6. The van der Waals surface area contributed by atoms with Crippen LogP contribution in [0.25, 0.3) is 0 Å². The highest BCUT2D eigenvalue weighted by Crippen LogP contribution is 2.24. The van der Waals surface area contributed by atoms with Gasteiger partial charge in [0.15, 0.2) is 0 Å². The van der Waals surface area contributed by atoms with Crippen molar-refractivity contribution in [3.63, 3.8) is 0 Å². The molecule has 1 rings (SSSR count). The lowest BCUT2D eigenvalue weighted by molar-refractivity contribution is 0.402. The zero-order valence-electron chi connectivity index (χ0n) is 9.61. The molecule has 0 saturated carbocycles. The quantitative estimate of drug-likeness (QED) is 0.702. The van der Waals surface area contributed by atoms with Gasteiger partial charge in [0.2, 0.25) is 0 Å². The van der Waals surface area contributed by atoms with Gasteiger partial charge >= 0.3 is 7.12 Å². The first-order valence-corrected chi connectivity index (χ1v) is 4.91. The van der Waals surface area contributed by atoms with E-state index in [1.165, 1.54) is 7.11 Å². The third kappa shape index (κ3) is 2.73. The van der Waals surface area contributed by atoms with Crippen molar-refractivity contribution >= 4 is 12.6 Å². The minimum atomic E-state index is -1.49. The molecule has 1 aromatic rings. The Kier molecular flexibility index (Phi) is 3.42. The summed E-state index contributed by atoms with van der Waals surface area (Å²) in [5.74, 6) is 0.512. The third-order valence-electron chi connectivity index (χ3n) is 2.38. The average Bonchev–Trinajstić information content (AvgIpc) is 2.15. The Bertz CT molecular complexity index is 342. The van der Waals surface area contributed by atoms with Gasteiger partial charge in [-0.3, -0.25) is 0 Å². The molecule has 0 spiro atoms. The summed E-state index contributed by atoms with van der Waals surface area (Å²) in [5, 5.41) is 18.2. The molecule has 0 heterocycles. The normalized spacial score (nSPS) is 11.3. The van der Waals surface area contributed by atoms with Crippen LogP contribution in [-0.2, 0) is 5.41 Å². The van der Waals surface area contributed by atoms with Gasteiger partial charge in [0, 0.05) is 5.46 Å². The SMILES string of the molecule is COc1cc(C(C)(C)C)ccc1B(O)O. The maximum absolute atomic E-state index is 9.10. The van der Waals surface area contributed by atoms with Crippen molar-refractivity contribution in [2.75, 3.05) is 7.11 Å². The van der Waals surface area contributed by atoms with Crippen molar-refractivity contribution in [1.82, 2.24) is 0 Å². The van der Waals surface area contributed by atoms with Gasteiger partial charge in [-0.2, -0.15) is 0 Å². The molecule has 15 heavy (non-hydrogen) atoms. The lowest BCUT2D eigenvalue weighted by Crippen LogP contribution is -2.31. The highest BCUT2D eigenvalue weighted by atomic mass is 16.5. The van der Waals surface area contributed by atoms with E-state index < -0.39 is 7.12 Å². The summed E-state index contributed by atoms with van der Waals surface area (Å²) < 4.78 is 5.12. The van der Waals surface area contributed by atoms with Crippen LogP contribution in [0.2, 0.25) is 0 Å². The van der Waals surface area contributed by atoms with Crippen molar-refractivity contribution in [2.45, 2.75) is 26.2 Å². The topological polar surface area (TPSA) is 49.7 Å². The standard InChI is InChI=1S/C11H17BO3/c1-11(2,3)8-5-6-9(12(13)14)10(7-8)15-4/h5-7,13-14H,1-4H3. The summed E-state index contributed by atoms with van der Waals surface area (Å²) in [5.41, 5.74) is 1.51. The fraction of sp³-hybridized carbons (Fsp3) is 0.455. The highest BCUT2D eigenvalue weighted by molar-refractivity contribution is 6.59. The first kappa shape index (κ1) is 12.1. The van der Waals surface area contributed by atoms with E-state index in [1.54, 1.807) is 6.07 Å². The van der Waals surface area contributed by atoms with Crippen LogP contribution in [-0.4, -0.2) is 24.3 Å². The van der Waals surface area contributed by atoms with Crippen molar-refractivity contribution in [3.8, 4) is 5.75 Å². The predicted molar refractivity (Wildman–Crippen MR) is 61.5 cm³/mol. The summed E-state index contributed by atoms with van der Waals surface area (Å²) in [6.07, 6.45) is 0. The van der Waals surface area contributed by atoms with Gasteiger partial charge in [0.1, 0.15) is 5.75 Å². The third-order valence-corrected chi connectivity index (χ3v) is 2.38. The Balaban J connectivity index is 3.19. The predicted octanol–water partition coefficient (Wildman–Crippen LogP) is 0.672. The van der Waals surface area contributed by atoms with Crippen LogP contribution < -0.4 is 10.2 Å². The van der Waals surface area contributed by atoms with Gasteiger partial charge in [0.25, 0.3) is 0 Å². The Morgan fingerprint density at radius 2 is 1.80 bits per heavy atom. The number of hydrogen-bond acceptors (Lipinski definition) is 3. The van der Waals surface area contributed by atoms with E-state index in [0.717, 1.165) is 5.56 Å². The minimum absolute atomic E-state index is 0.0201. The molecule has 3 nitrogen and oxygen atoms in total. The Morgan fingerprint density at radius 3 is 2.20 bits per heavy atom. The lowest BCUT2D eigenvalue weighted by atomic mass is 9.77. The summed E-state index contributed by atoms with van der Waals surface area (Å²) in [6.45, 7) is 6.28. The molecule has 0 aliphatic rings. The molecule has 0 aliphatic heterocycles. The Labute approximate surface area is 90.9 Å². The smallest absolute Gasteiger partial charge is 0.492 e. The Morgan fingerprint density at radius 1 is 1.20 bits per heavy atom. The van der Waals surface area contributed by atoms with E-state index in [2.05, 4.69) is 20.8 Å². The van der Waals surface area contributed by atoms with Crippen molar-refractivity contribution in [3.05, 3.63) is 23.8 Å². The van der Waals surface area contributed by atoms with Gasteiger partial charge < -0.3 is 14.8 Å². The zero-order valence-corrected chi connectivity index (χ0v) is 9.61. The van der Waals surface area contributed by atoms with Crippen LogP contribution >= 0.6 is 0 Å². The van der Waals surface area contributed by atoms with E-state index in [4.69, 9.17) is 14.8 Å². The van der Waals surface area contributed by atoms with Crippen molar-refractivity contribution < 1.29 is 14.8 Å². The van der Waals surface area contributed by atoms with E-state index in [1.807, 2.05) is 12.1 Å². The van der Waals surface area contributed by atoms with Crippen LogP contribution in [0, 0.1) is 0 Å². The molecule has 0 fully saturated rings. The van der Waals surface area contributed by atoms with Crippen LogP contribution in [0.4, 0.5) is 0 Å². The maximum Gasteiger partial charge on any atom is 0.492 e. The molecular weight excluding hydrogens is 191 g/mol. The molecule has 0 amide bonds. The molecule has 1 aromatic carbocycles. The van der Waals surface area contributed by atoms with E-state index in [9.17, 15) is 0 Å². The molecule has 4 heteroatoms. The first-order chi connectivity index (χ1) is 6.86. The second-order valence-electron chi connectivity index (χ2n) is 4.58. The molecule has 0 atom stereocenters. The van der Waals surface area contributed by atoms with E-state index in [0.29, 0.717) is 11.2 Å². The van der Waals surface area contributed by atoms with Crippen LogP contribution in [0.3, 0.4) is 0 Å². The number of methoxy groups -OCH3 is 1. The molecule has 0 aromatic heterocycles. The fourth-order valence-corrected chi connectivity index (χ4v) is 1.39. The maximum atomic E-state index is 9.10. The molecule has 0 unspecified atom stereocenters. The second-order valence-corrected chi connectivity index (χ2v) is 4.58. The minimum Gasteiger partial charge on any atom is -0.497 e. The molecule has 82 valence electrons. The van der Waals surface area contributed by atoms with Gasteiger partial charge in [-0.25, -0.2) is 0 Å². The molecular formula is C11H17BO3. The number of ether oxygens (including phenoxy) is 1. The number of rotatable bonds is 2. The molecule has 2 N–H and O–H groups in total. The van der Waals surface area contributed by atoms with Crippen molar-refractivity contribution in [1.29, 1.82) is 0 Å². The summed E-state index contributed by atoms with van der Waals surface area (Å²) in [6, 6.07) is 5.41. The summed E-state index contributed by atoms with van der Waals surface area (Å²) in [7, 11) is 0.0298. The first-order valence-electron chi connectivity index (χ1n) is 4.91. The van der Waals surface area contributed by atoms with Crippen LogP contribution in [0.1, 0.15) is 26.3 Å². The summed E-state index contributed by atoms with van der Waals surface area (Å²) in [4.78, 5) is 0. The van der Waals surface area contributed by atoms with Crippen LogP contribution in [0.15, 0.2) is 18.2 Å². The van der Waals surface area contributed by atoms with Gasteiger partial charge in [-0.05, 0) is 17.0 Å². The molecule has 0 radical (unpaired) electrons. The fourth-order valence-electron chi connectivity index (χ4n) is 1.39. The monoisotopic (exact) mass is 208 g/mol. The Hall–Kier alpha value is -0.995. The molecule has 0 bridgehead atoms. The molecule has 0 saturated heterocycles. The van der Waals surface area contributed by atoms with E-state index >= 15 is 0 Å². The van der Waals surface area contributed by atoms with Crippen molar-refractivity contribution in [2.24, 2.45) is 0 Å². The van der Waals surface area contributed by atoms with Gasteiger partial charge in [-0.1, -0.05) is 32.9 Å².